The van der Waals surface area contributed by atoms with Crippen LogP contribution in [-0.4, -0.2) is 17.9 Å². The first-order valence-electron chi connectivity index (χ1n) is 2.78. The van der Waals surface area contributed by atoms with Crippen molar-refractivity contribution in [2.24, 2.45) is 0 Å². The molecule has 0 aliphatic carbocycles. The van der Waals surface area contributed by atoms with Crippen LogP contribution >= 0.6 is 0 Å². The lowest BCUT2D eigenvalue weighted by molar-refractivity contribution is 0.102. The molecule has 0 saturated carbocycles. The van der Waals surface area contributed by atoms with Crippen molar-refractivity contribution in [3.63, 3.8) is 0 Å². The molecule has 0 heterocycles. The largest absolute Gasteiger partial charge is 0.506 e. The molecule has 0 saturated heterocycles. The SMILES string of the molecule is CCC=CCOC(=O)O. The molecule has 52 valence electrons. The zero-order chi connectivity index (χ0) is 7.11. The van der Waals surface area contributed by atoms with Crippen molar-refractivity contribution in [2.45, 2.75) is 13.3 Å². The lowest BCUT2D eigenvalue weighted by Crippen LogP contribution is -1.98. The van der Waals surface area contributed by atoms with Gasteiger partial charge in [0.1, 0.15) is 6.61 Å². The first-order chi connectivity index (χ1) is 4.27. The molecule has 0 aliphatic rings. The van der Waals surface area contributed by atoms with Crippen LogP contribution in [0.3, 0.4) is 0 Å². The Morgan fingerprint density at radius 2 is 2.33 bits per heavy atom. The van der Waals surface area contributed by atoms with Gasteiger partial charge < -0.3 is 9.84 Å². The molecule has 0 rings (SSSR count). The molecule has 3 nitrogen and oxygen atoms in total. The summed E-state index contributed by atoms with van der Waals surface area (Å²) in [5.74, 6) is 0. The molecule has 9 heavy (non-hydrogen) atoms. The van der Waals surface area contributed by atoms with Crippen molar-refractivity contribution in [3.8, 4) is 0 Å². The van der Waals surface area contributed by atoms with Gasteiger partial charge in [-0.1, -0.05) is 19.1 Å². The van der Waals surface area contributed by atoms with Crippen LogP contribution in [0.25, 0.3) is 0 Å². The van der Waals surface area contributed by atoms with Crippen molar-refractivity contribution < 1.29 is 14.6 Å². The van der Waals surface area contributed by atoms with E-state index in [0.717, 1.165) is 6.42 Å². The van der Waals surface area contributed by atoms with Gasteiger partial charge in [-0.2, -0.15) is 0 Å². The van der Waals surface area contributed by atoms with E-state index < -0.39 is 6.16 Å². The molecule has 0 fully saturated rings. The maximum absolute atomic E-state index is 9.71. The average Bonchev–Trinajstić information content (AvgIpc) is 1.80. The third-order valence-corrected chi connectivity index (χ3v) is 0.705. The molecule has 0 radical (unpaired) electrons. The quantitative estimate of drug-likeness (QED) is 0.466. The minimum atomic E-state index is -1.23. The molecule has 0 aliphatic heterocycles. The number of ether oxygens (including phenoxy) is 1. The molecule has 0 aromatic rings. The number of carbonyl (C=O) groups is 1. The van der Waals surface area contributed by atoms with Gasteiger partial charge in [-0.25, -0.2) is 4.79 Å². The highest BCUT2D eigenvalue weighted by Gasteiger charge is 1.88. The van der Waals surface area contributed by atoms with Crippen molar-refractivity contribution in [3.05, 3.63) is 12.2 Å². The topological polar surface area (TPSA) is 46.5 Å². The van der Waals surface area contributed by atoms with E-state index in [-0.39, 0.29) is 6.61 Å². The summed E-state index contributed by atoms with van der Waals surface area (Å²) in [5.41, 5.74) is 0. The van der Waals surface area contributed by atoms with Crippen LogP contribution in [0.2, 0.25) is 0 Å². The Balaban J connectivity index is 3.09. The zero-order valence-corrected chi connectivity index (χ0v) is 5.33. The fraction of sp³-hybridized carbons (Fsp3) is 0.500. The van der Waals surface area contributed by atoms with Gasteiger partial charge in [0.25, 0.3) is 0 Å². The van der Waals surface area contributed by atoms with E-state index in [1.807, 2.05) is 13.0 Å². The number of rotatable bonds is 3. The van der Waals surface area contributed by atoms with Gasteiger partial charge in [0, 0.05) is 0 Å². The van der Waals surface area contributed by atoms with Gasteiger partial charge in [-0.15, -0.1) is 0 Å². The van der Waals surface area contributed by atoms with Crippen molar-refractivity contribution in [1.82, 2.24) is 0 Å². The second-order valence-electron chi connectivity index (χ2n) is 1.46. The summed E-state index contributed by atoms with van der Waals surface area (Å²) in [6, 6.07) is 0. The van der Waals surface area contributed by atoms with E-state index in [4.69, 9.17) is 5.11 Å². The molecular formula is C6H10O3. The van der Waals surface area contributed by atoms with Gasteiger partial charge in [-0.05, 0) is 6.42 Å². The van der Waals surface area contributed by atoms with Gasteiger partial charge in [0.15, 0.2) is 0 Å². The van der Waals surface area contributed by atoms with E-state index in [9.17, 15) is 4.79 Å². The third-order valence-electron chi connectivity index (χ3n) is 0.705. The monoisotopic (exact) mass is 130 g/mol. The fourth-order valence-corrected chi connectivity index (χ4v) is 0.354. The van der Waals surface area contributed by atoms with E-state index in [1.165, 1.54) is 0 Å². The maximum Gasteiger partial charge on any atom is 0.506 e. The molecule has 3 heteroatoms. The Kier molecular flexibility index (Phi) is 4.59. The van der Waals surface area contributed by atoms with Crippen LogP contribution in [0.4, 0.5) is 4.79 Å². The Hall–Kier alpha value is -0.990. The molecule has 0 bridgehead atoms. The zero-order valence-electron chi connectivity index (χ0n) is 5.33. The number of hydrogen-bond donors (Lipinski definition) is 1. The normalized spacial score (nSPS) is 9.89. The number of carboxylic acid groups (broad SMARTS) is 1. The molecule has 0 aromatic carbocycles. The van der Waals surface area contributed by atoms with Crippen LogP contribution in [-0.2, 0) is 4.74 Å². The van der Waals surface area contributed by atoms with Gasteiger partial charge in [-0.3, -0.25) is 0 Å². The number of hydrogen-bond acceptors (Lipinski definition) is 2. The summed E-state index contributed by atoms with van der Waals surface area (Å²) in [5, 5.41) is 7.96. The summed E-state index contributed by atoms with van der Waals surface area (Å²) >= 11 is 0. The van der Waals surface area contributed by atoms with Gasteiger partial charge in [0.05, 0.1) is 0 Å². The lowest BCUT2D eigenvalue weighted by atomic mass is 10.4. The Morgan fingerprint density at radius 3 is 2.78 bits per heavy atom. The average molecular weight is 130 g/mol. The van der Waals surface area contributed by atoms with Crippen LogP contribution < -0.4 is 0 Å². The Bertz CT molecular complexity index is 107. The smallest absolute Gasteiger partial charge is 0.450 e. The number of allylic oxidation sites excluding steroid dienone is 1. The van der Waals surface area contributed by atoms with Crippen LogP contribution in [0.5, 0.6) is 0 Å². The molecule has 0 unspecified atom stereocenters. The van der Waals surface area contributed by atoms with Crippen molar-refractivity contribution in [2.75, 3.05) is 6.61 Å². The highest BCUT2D eigenvalue weighted by Crippen LogP contribution is 1.81. The fourth-order valence-electron chi connectivity index (χ4n) is 0.354. The summed E-state index contributed by atoms with van der Waals surface area (Å²) in [7, 11) is 0. The highest BCUT2D eigenvalue weighted by atomic mass is 16.7. The Morgan fingerprint density at radius 1 is 1.67 bits per heavy atom. The van der Waals surface area contributed by atoms with Crippen LogP contribution in [0.1, 0.15) is 13.3 Å². The standard InChI is InChI=1S/C6H10O3/c1-2-3-4-5-9-6(7)8/h3-4H,2,5H2,1H3,(H,7,8). The van der Waals surface area contributed by atoms with Gasteiger partial charge >= 0.3 is 6.16 Å². The minimum absolute atomic E-state index is 0.156. The van der Waals surface area contributed by atoms with Crippen LogP contribution in [0.15, 0.2) is 12.2 Å². The molecule has 0 atom stereocenters. The molecule has 0 aromatic heterocycles. The van der Waals surface area contributed by atoms with Gasteiger partial charge in [0.2, 0.25) is 0 Å². The van der Waals surface area contributed by atoms with Crippen molar-refractivity contribution in [1.29, 1.82) is 0 Å². The van der Waals surface area contributed by atoms with E-state index in [1.54, 1.807) is 6.08 Å². The minimum Gasteiger partial charge on any atom is -0.450 e. The lowest BCUT2D eigenvalue weighted by Gasteiger charge is -1.90. The second kappa shape index (κ2) is 5.15. The molecule has 0 amide bonds. The third kappa shape index (κ3) is 7.01. The maximum atomic E-state index is 9.71. The van der Waals surface area contributed by atoms with E-state index >= 15 is 0 Å². The highest BCUT2D eigenvalue weighted by molar-refractivity contribution is 5.56. The molecule has 0 spiro atoms. The predicted molar refractivity (Wildman–Crippen MR) is 33.4 cm³/mol. The Labute approximate surface area is 53.9 Å². The summed E-state index contributed by atoms with van der Waals surface area (Å²) in [4.78, 5) is 9.71. The van der Waals surface area contributed by atoms with E-state index in [0.29, 0.717) is 0 Å². The summed E-state index contributed by atoms with van der Waals surface area (Å²) < 4.78 is 4.17. The summed E-state index contributed by atoms with van der Waals surface area (Å²) in [6.07, 6.45) is 3.20. The second-order valence-corrected chi connectivity index (χ2v) is 1.46. The van der Waals surface area contributed by atoms with Crippen LogP contribution in [0, 0.1) is 0 Å². The first-order valence-corrected chi connectivity index (χ1v) is 2.78. The molecule has 1 N–H and O–H groups in total. The predicted octanol–water partition coefficient (Wildman–Crippen LogP) is 1.65. The van der Waals surface area contributed by atoms with E-state index in [2.05, 4.69) is 4.74 Å². The summed E-state index contributed by atoms with van der Waals surface area (Å²) in [6.45, 7) is 2.13. The molecular weight excluding hydrogens is 120 g/mol. The van der Waals surface area contributed by atoms with Crippen molar-refractivity contribution >= 4 is 6.16 Å². The first kappa shape index (κ1) is 8.01.